The molecule has 2 aliphatic heterocycles. The molecule has 170 valence electrons. The van der Waals surface area contributed by atoms with Crippen molar-refractivity contribution in [2.75, 3.05) is 13.2 Å². The number of aliphatic imine (C=N–C) groups is 1. The van der Waals surface area contributed by atoms with Gasteiger partial charge in [-0.05, 0) is 24.6 Å². The summed E-state index contributed by atoms with van der Waals surface area (Å²) >= 11 is 0. The van der Waals surface area contributed by atoms with Gasteiger partial charge in [-0.15, -0.1) is 0 Å². The first-order valence-electron chi connectivity index (χ1n) is 9.71. The molecule has 0 amide bonds. The molecule has 0 aliphatic carbocycles. The number of Topliss-reactive ketones (excluding diaryl/α,β-unsaturated/α-hetero) is 1. The third-order valence-corrected chi connectivity index (χ3v) is 5.86. The number of rotatable bonds is 5. The Bertz CT molecular complexity index is 1090. The van der Waals surface area contributed by atoms with Gasteiger partial charge in [0.2, 0.25) is 0 Å². The van der Waals surface area contributed by atoms with Crippen molar-refractivity contribution in [1.82, 2.24) is 9.97 Å². The molecule has 11 heteroatoms. The molecular weight excluding hydrogens is 435 g/mol. The number of ether oxygens (including phenoxy) is 1. The average Bonchev–Trinajstić information content (AvgIpc) is 3.05. The van der Waals surface area contributed by atoms with E-state index in [-0.39, 0.29) is 29.8 Å². The van der Waals surface area contributed by atoms with E-state index < -0.39 is 59.5 Å². The Balaban J connectivity index is 1.69. The topological polar surface area (TPSA) is 90.5 Å². The third-order valence-electron chi connectivity index (χ3n) is 5.86. The fourth-order valence-electron chi connectivity index (χ4n) is 4.13. The smallest absolute Gasteiger partial charge is 0.281 e. The zero-order valence-corrected chi connectivity index (χ0v) is 16.9. The third kappa shape index (κ3) is 3.54. The lowest BCUT2D eigenvalue weighted by Gasteiger charge is -2.43. The summed E-state index contributed by atoms with van der Waals surface area (Å²) in [5.74, 6) is -1.84. The van der Waals surface area contributed by atoms with Crippen LogP contribution in [0, 0.1) is 5.82 Å². The highest BCUT2D eigenvalue weighted by Gasteiger charge is 2.65. The van der Waals surface area contributed by atoms with Gasteiger partial charge < -0.3 is 10.5 Å². The van der Waals surface area contributed by atoms with Crippen LogP contribution < -0.4 is 5.73 Å². The number of hydrogen-bond acceptors (Lipinski definition) is 6. The van der Waals surface area contributed by atoms with Crippen LogP contribution in [0.15, 0.2) is 35.6 Å². The molecule has 32 heavy (non-hydrogen) atoms. The quantitative estimate of drug-likeness (QED) is 0.553. The van der Waals surface area contributed by atoms with E-state index in [2.05, 4.69) is 15.0 Å². The lowest BCUT2D eigenvalue weighted by atomic mass is 9.70. The molecular formula is C21H19F5N4O2. The van der Waals surface area contributed by atoms with Gasteiger partial charge in [-0.25, -0.2) is 26.9 Å². The number of hydrogen-bond donors (Lipinski definition) is 1. The summed E-state index contributed by atoms with van der Waals surface area (Å²) < 4.78 is 75.9. The van der Waals surface area contributed by atoms with E-state index in [1.807, 2.05) is 0 Å². The van der Waals surface area contributed by atoms with Crippen molar-refractivity contribution in [1.29, 1.82) is 0 Å². The van der Waals surface area contributed by atoms with Crippen LogP contribution in [0.5, 0.6) is 0 Å². The van der Waals surface area contributed by atoms with Gasteiger partial charge in [0.05, 0.1) is 25.6 Å². The minimum absolute atomic E-state index is 0.157. The Hall–Kier alpha value is -2.95. The molecule has 1 aromatic carbocycles. The fraction of sp³-hybridized carbons (Fsp3) is 0.429. The number of amidine groups is 1. The summed E-state index contributed by atoms with van der Waals surface area (Å²) in [6, 6.07) is 3.63. The lowest BCUT2D eigenvalue weighted by molar-refractivity contribution is 0.0234. The van der Waals surface area contributed by atoms with Gasteiger partial charge in [0.1, 0.15) is 28.6 Å². The number of alkyl halides is 4. The van der Waals surface area contributed by atoms with E-state index in [4.69, 9.17) is 10.5 Å². The molecule has 3 atom stereocenters. The summed E-state index contributed by atoms with van der Waals surface area (Å²) in [6.45, 7) is 0.258. The summed E-state index contributed by atoms with van der Waals surface area (Å²) in [4.78, 5) is 23.7. The van der Waals surface area contributed by atoms with Crippen LogP contribution in [0.2, 0.25) is 0 Å². The Morgan fingerprint density at radius 2 is 1.97 bits per heavy atom. The van der Waals surface area contributed by atoms with Crippen molar-refractivity contribution in [2.45, 2.75) is 43.1 Å². The second-order valence-electron chi connectivity index (χ2n) is 8.23. The minimum atomic E-state index is -2.82. The second kappa shape index (κ2) is 7.58. The Morgan fingerprint density at radius 3 is 2.62 bits per heavy atom. The Labute approximate surface area is 179 Å². The summed E-state index contributed by atoms with van der Waals surface area (Å²) in [5.41, 5.74) is -1.38. The first-order chi connectivity index (χ1) is 15.0. The number of carbonyl (C=O) groups excluding carboxylic acids is 1. The van der Waals surface area contributed by atoms with Crippen LogP contribution in [0.4, 0.5) is 22.0 Å². The van der Waals surface area contributed by atoms with Crippen LogP contribution in [0.1, 0.15) is 47.1 Å². The molecule has 0 bridgehead atoms. The zero-order valence-electron chi connectivity index (χ0n) is 16.9. The maximum atomic E-state index is 15.9. The fourth-order valence-corrected chi connectivity index (χ4v) is 4.13. The van der Waals surface area contributed by atoms with Gasteiger partial charge >= 0.3 is 0 Å². The van der Waals surface area contributed by atoms with Gasteiger partial charge in [-0.3, -0.25) is 14.8 Å². The molecule has 0 radical (unpaired) electrons. The monoisotopic (exact) mass is 454 g/mol. The highest BCUT2D eigenvalue weighted by Crippen LogP contribution is 2.53. The number of ketones is 1. The predicted octanol–water partition coefficient (Wildman–Crippen LogP) is 3.40. The van der Waals surface area contributed by atoms with Crippen molar-refractivity contribution in [3.8, 4) is 0 Å². The molecule has 1 saturated heterocycles. The minimum Gasteiger partial charge on any atom is -0.385 e. The number of nitrogens with zero attached hydrogens (tertiary/aromatic N) is 3. The normalized spacial score (nSPS) is 29.7. The number of nitrogens with two attached hydrogens (primary N) is 1. The Morgan fingerprint density at radius 1 is 1.22 bits per heavy atom. The second-order valence-corrected chi connectivity index (χ2v) is 8.23. The van der Waals surface area contributed by atoms with Gasteiger partial charge in [0.15, 0.2) is 17.1 Å². The van der Waals surface area contributed by atoms with Crippen LogP contribution in [0.3, 0.4) is 0 Å². The first kappa shape index (κ1) is 22.3. The van der Waals surface area contributed by atoms with Crippen molar-refractivity contribution < 1.29 is 31.5 Å². The van der Waals surface area contributed by atoms with Gasteiger partial charge in [-0.1, -0.05) is 6.07 Å². The zero-order chi connectivity index (χ0) is 23.3. The number of carbonyl (C=O) groups is 1. The summed E-state index contributed by atoms with van der Waals surface area (Å²) in [7, 11) is 0. The van der Waals surface area contributed by atoms with Gasteiger partial charge in [0, 0.05) is 18.4 Å². The molecule has 6 nitrogen and oxygen atoms in total. The predicted molar refractivity (Wildman–Crippen MR) is 104 cm³/mol. The number of halogens is 5. The molecule has 4 rings (SSSR count). The molecule has 2 aliphatic rings. The number of aromatic nitrogens is 2. The van der Waals surface area contributed by atoms with Gasteiger partial charge in [-0.2, -0.15) is 0 Å². The maximum Gasteiger partial charge on any atom is 0.281 e. The molecule has 1 fully saturated rings. The summed E-state index contributed by atoms with van der Waals surface area (Å²) in [5, 5.41) is 0. The molecule has 1 aromatic heterocycles. The summed E-state index contributed by atoms with van der Waals surface area (Å²) in [6.07, 6.45) is -2.04. The lowest BCUT2D eigenvalue weighted by Crippen LogP contribution is -2.58. The highest BCUT2D eigenvalue weighted by atomic mass is 19.3. The number of benzene rings is 1. The first-order valence-corrected chi connectivity index (χ1v) is 9.71. The van der Waals surface area contributed by atoms with Crippen molar-refractivity contribution in [3.63, 3.8) is 0 Å². The molecule has 3 heterocycles. The van der Waals surface area contributed by atoms with Crippen molar-refractivity contribution in [2.24, 2.45) is 10.7 Å². The molecule has 0 unspecified atom stereocenters. The molecule has 2 N–H and O–H groups in total. The average molecular weight is 454 g/mol. The molecule has 2 aromatic rings. The number of fused-ring (bicyclic) bond motifs is 1. The molecule has 0 spiro atoms. The van der Waals surface area contributed by atoms with E-state index in [1.54, 1.807) is 0 Å². The maximum absolute atomic E-state index is 15.9. The van der Waals surface area contributed by atoms with E-state index in [0.717, 1.165) is 25.4 Å². The van der Waals surface area contributed by atoms with Crippen LogP contribution in [-0.2, 0) is 16.7 Å². The van der Waals surface area contributed by atoms with E-state index in [1.165, 1.54) is 12.1 Å². The van der Waals surface area contributed by atoms with Crippen LogP contribution >= 0.6 is 0 Å². The van der Waals surface area contributed by atoms with Crippen molar-refractivity contribution in [3.05, 3.63) is 58.9 Å². The Kier molecular flexibility index (Phi) is 5.27. The largest absolute Gasteiger partial charge is 0.385 e. The standard InChI is InChI=1S/C21H19F5N4O2/c1-19(25)8-20(26)9-32-10-21(20,30-18(19)27)12-4-11(2-3-13(12)22)5-16(31)14-6-29-15(7-28-14)17(23)24/h2-4,6-7,17H,5,8-10H2,1H3,(H2,27,30)/t19-,20+,21-/m1/s1. The van der Waals surface area contributed by atoms with E-state index in [0.29, 0.717) is 0 Å². The van der Waals surface area contributed by atoms with E-state index in [9.17, 15) is 22.4 Å². The SMILES string of the molecule is C[C@@]1(F)C[C@]2(F)COC[C@]2(c2cc(CC(=O)c3cnc(C(F)F)cn3)ccc2F)N=C1N. The van der Waals surface area contributed by atoms with Crippen LogP contribution in [0.25, 0.3) is 0 Å². The highest BCUT2D eigenvalue weighted by molar-refractivity contribution is 5.95. The van der Waals surface area contributed by atoms with Gasteiger partial charge in [0.25, 0.3) is 6.43 Å². The molecule has 0 saturated carbocycles. The van der Waals surface area contributed by atoms with E-state index >= 15 is 4.39 Å². The van der Waals surface area contributed by atoms with Crippen LogP contribution in [-0.4, -0.2) is 46.1 Å². The van der Waals surface area contributed by atoms with Crippen molar-refractivity contribution >= 4 is 11.6 Å².